The number of benzene rings is 3. The molecule has 6 heteroatoms. The fraction of sp³-hybridized carbons (Fsp3) is 0.250. The van der Waals surface area contributed by atoms with E-state index in [1.807, 2.05) is 103 Å². The smallest absolute Gasteiger partial charge is 0.247 e. The third-order valence-corrected chi connectivity index (χ3v) is 6.66. The monoisotopic (exact) mass is 452 g/mol. The number of carbonyl (C=O) groups excluding carboxylic acids is 2. The van der Waals surface area contributed by atoms with E-state index in [4.69, 9.17) is 4.98 Å². The highest BCUT2D eigenvalue weighted by Crippen LogP contribution is 2.37. The van der Waals surface area contributed by atoms with E-state index in [0.717, 1.165) is 39.2 Å². The van der Waals surface area contributed by atoms with E-state index in [9.17, 15) is 9.59 Å². The molecule has 0 spiro atoms. The molecular weight excluding hydrogens is 424 g/mol. The Morgan fingerprint density at radius 3 is 2.35 bits per heavy atom. The molecule has 2 unspecified atom stereocenters. The number of carbonyl (C=O) groups is 2. The van der Waals surface area contributed by atoms with E-state index in [-0.39, 0.29) is 24.3 Å². The molecule has 34 heavy (non-hydrogen) atoms. The molecule has 0 bridgehead atoms. The van der Waals surface area contributed by atoms with Crippen LogP contribution >= 0.6 is 0 Å². The highest BCUT2D eigenvalue weighted by molar-refractivity contribution is 5.97. The molecule has 2 atom stereocenters. The van der Waals surface area contributed by atoms with Gasteiger partial charge in [0.2, 0.25) is 11.8 Å². The van der Waals surface area contributed by atoms with Crippen molar-refractivity contribution in [2.24, 2.45) is 0 Å². The SMILES string of the molecule is Cc1cccc(C)c1NC(=O)CC1C(=O)N(Cc2ccccc2)C(C)c2nc3ccccc3n21. The van der Waals surface area contributed by atoms with Gasteiger partial charge in [-0.05, 0) is 49.6 Å². The topological polar surface area (TPSA) is 67.2 Å². The maximum absolute atomic E-state index is 13.9. The molecule has 1 aromatic heterocycles. The average molecular weight is 453 g/mol. The minimum absolute atomic E-state index is 0.0397. The Kier molecular flexibility index (Phi) is 5.65. The standard InChI is InChI=1S/C28H28N4O2/c1-18-10-9-11-19(2)26(18)30-25(33)16-24-28(34)31(17-21-12-5-4-6-13-21)20(3)27-29-22-14-7-8-15-23(22)32(24)27/h4-15,20,24H,16-17H2,1-3H3,(H,30,33). The zero-order chi connectivity index (χ0) is 23.8. The summed E-state index contributed by atoms with van der Waals surface area (Å²) in [7, 11) is 0. The molecule has 0 fully saturated rings. The Bertz CT molecular complexity index is 1360. The first kappa shape index (κ1) is 21.9. The predicted octanol–water partition coefficient (Wildman–Crippen LogP) is 5.33. The van der Waals surface area contributed by atoms with E-state index >= 15 is 0 Å². The summed E-state index contributed by atoms with van der Waals surface area (Å²) in [5.41, 5.74) is 5.56. The number of hydrogen-bond donors (Lipinski definition) is 1. The minimum Gasteiger partial charge on any atom is -0.327 e. The third-order valence-electron chi connectivity index (χ3n) is 6.66. The number of para-hydroxylation sites is 3. The van der Waals surface area contributed by atoms with Gasteiger partial charge in [-0.25, -0.2) is 4.98 Å². The van der Waals surface area contributed by atoms with Crippen LogP contribution in [0.5, 0.6) is 0 Å². The lowest BCUT2D eigenvalue weighted by Crippen LogP contribution is -2.45. The van der Waals surface area contributed by atoms with Gasteiger partial charge in [0.05, 0.1) is 23.5 Å². The lowest BCUT2D eigenvalue weighted by Gasteiger charge is -2.38. The molecule has 2 amide bonds. The first-order chi connectivity index (χ1) is 16.4. The van der Waals surface area contributed by atoms with Crippen molar-refractivity contribution in [3.8, 4) is 0 Å². The molecule has 0 aliphatic carbocycles. The molecule has 5 rings (SSSR count). The van der Waals surface area contributed by atoms with Crippen molar-refractivity contribution in [1.29, 1.82) is 0 Å². The molecule has 4 aromatic rings. The number of aryl methyl sites for hydroxylation is 2. The van der Waals surface area contributed by atoms with E-state index in [1.54, 1.807) is 0 Å². The molecule has 2 heterocycles. The van der Waals surface area contributed by atoms with Gasteiger partial charge in [0.1, 0.15) is 11.9 Å². The molecule has 0 saturated heterocycles. The predicted molar refractivity (Wildman–Crippen MR) is 133 cm³/mol. The van der Waals surface area contributed by atoms with Crippen LogP contribution in [0.2, 0.25) is 0 Å². The summed E-state index contributed by atoms with van der Waals surface area (Å²) < 4.78 is 1.97. The quantitative estimate of drug-likeness (QED) is 0.445. The summed E-state index contributed by atoms with van der Waals surface area (Å²) in [6.45, 7) is 6.42. The molecule has 1 aliphatic heterocycles. The van der Waals surface area contributed by atoms with Crippen LogP contribution in [-0.2, 0) is 16.1 Å². The molecule has 0 saturated carbocycles. The lowest BCUT2D eigenvalue weighted by atomic mass is 10.0. The summed E-state index contributed by atoms with van der Waals surface area (Å²) in [4.78, 5) is 33.8. The van der Waals surface area contributed by atoms with Gasteiger partial charge in [0.15, 0.2) is 0 Å². The van der Waals surface area contributed by atoms with Crippen LogP contribution in [0.1, 0.15) is 47.9 Å². The summed E-state index contributed by atoms with van der Waals surface area (Å²) in [5, 5.41) is 3.05. The molecule has 1 N–H and O–H groups in total. The Labute approximate surface area is 199 Å². The number of nitrogens with one attached hydrogen (secondary N) is 1. The van der Waals surface area contributed by atoms with Crippen molar-refractivity contribution in [3.05, 3.63) is 95.3 Å². The zero-order valence-electron chi connectivity index (χ0n) is 19.7. The number of aromatic nitrogens is 2. The number of nitrogens with zero attached hydrogens (tertiary/aromatic N) is 3. The van der Waals surface area contributed by atoms with Crippen molar-refractivity contribution < 1.29 is 9.59 Å². The zero-order valence-corrected chi connectivity index (χ0v) is 19.7. The van der Waals surface area contributed by atoms with Crippen LogP contribution < -0.4 is 5.32 Å². The number of amides is 2. The van der Waals surface area contributed by atoms with Crippen LogP contribution in [0.4, 0.5) is 5.69 Å². The van der Waals surface area contributed by atoms with Crippen molar-refractivity contribution in [1.82, 2.24) is 14.5 Å². The van der Waals surface area contributed by atoms with Gasteiger partial charge >= 0.3 is 0 Å². The van der Waals surface area contributed by atoms with Gasteiger partial charge in [-0.1, -0.05) is 60.7 Å². The summed E-state index contributed by atoms with van der Waals surface area (Å²) in [5.74, 6) is 0.555. The maximum Gasteiger partial charge on any atom is 0.247 e. The van der Waals surface area contributed by atoms with Gasteiger partial charge in [0.25, 0.3) is 0 Å². The fourth-order valence-electron chi connectivity index (χ4n) is 4.87. The van der Waals surface area contributed by atoms with Gasteiger partial charge in [-0.2, -0.15) is 0 Å². The van der Waals surface area contributed by atoms with Crippen LogP contribution in [0.15, 0.2) is 72.8 Å². The summed E-state index contributed by atoms with van der Waals surface area (Å²) in [6.07, 6.45) is 0.0397. The lowest BCUT2D eigenvalue weighted by molar-refractivity contribution is -0.142. The van der Waals surface area contributed by atoms with Gasteiger partial charge < -0.3 is 14.8 Å². The first-order valence-electron chi connectivity index (χ1n) is 11.6. The Balaban J connectivity index is 1.52. The normalized spacial score (nSPS) is 17.6. The van der Waals surface area contributed by atoms with Crippen LogP contribution in [0.3, 0.4) is 0 Å². The largest absolute Gasteiger partial charge is 0.327 e. The molecule has 0 radical (unpaired) electrons. The number of hydrogen-bond acceptors (Lipinski definition) is 3. The number of anilines is 1. The first-order valence-corrected chi connectivity index (χ1v) is 11.6. The van der Waals surface area contributed by atoms with E-state index in [1.165, 1.54) is 0 Å². The molecule has 6 nitrogen and oxygen atoms in total. The highest BCUT2D eigenvalue weighted by atomic mass is 16.2. The van der Waals surface area contributed by atoms with E-state index < -0.39 is 6.04 Å². The number of imidazole rings is 1. The van der Waals surface area contributed by atoms with Crippen molar-refractivity contribution >= 4 is 28.5 Å². The van der Waals surface area contributed by atoms with Crippen LogP contribution in [-0.4, -0.2) is 26.3 Å². The molecular formula is C28H28N4O2. The van der Waals surface area contributed by atoms with Gasteiger partial charge in [-0.15, -0.1) is 0 Å². The Hall–Kier alpha value is -3.93. The number of fused-ring (bicyclic) bond motifs is 3. The molecule has 3 aromatic carbocycles. The van der Waals surface area contributed by atoms with Gasteiger partial charge in [-0.3, -0.25) is 9.59 Å². The Morgan fingerprint density at radius 1 is 0.941 bits per heavy atom. The van der Waals surface area contributed by atoms with Crippen LogP contribution in [0.25, 0.3) is 11.0 Å². The third kappa shape index (κ3) is 3.85. The van der Waals surface area contributed by atoms with Gasteiger partial charge in [0, 0.05) is 12.2 Å². The second-order valence-electron chi connectivity index (χ2n) is 8.99. The minimum atomic E-state index is -0.661. The fourth-order valence-corrected chi connectivity index (χ4v) is 4.87. The molecule has 1 aliphatic rings. The highest BCUT2D eigenvalue weighted by Gasteiger charge is 2.40. The summed E-state index contributed by atoms with van der Waals surface area (Å²) >= 11 is 0. The summed E-state index contributed by atoms with van der Waals surface area (Å²) in [6, 6.07) is 22.8. The second-order valence-corrected chi connectivity index (χ2v) is 8.99. The maximum atomic E-state index is 13.9. The van der Waals surface area contributed by atoms with Crippen molar-refractivity contribution in [2.75, 3.05) is 5.32 Å². The Morgan fingerprint density at radius 2 is 1.62 bits per heavy atom. The second kappa shape index (κ2) is 8.78. The molecule has 172 valence electrons. The van der Waals surface area contributed by atoms with E-state index in [2.05, 4.69) is 5.32 Å². The van der Waals surface area contributed by atoms with Crippen LogP contribution in [0, 0.1) is 13.8 Å². The number of rotatable bonds is 5. The van der Waals surface area contributed by atoms with E-state index in [0.29, 0.717) is 6.54 Å². The average Bonchev–Trinajstić information content (AvgIpc) is 3.22. The van der Waals surface area contributed by atoms with Crippen molar-refractivity contribution in [3.63, 3.8) is 0 Å². The van der Waals surface area contributed by atoms with Crippen molar-refractivity contribution in [2.45, 2.75) is 45.8 Å².